The summed E-state index contributed by atoms with van der Waals surface area (Å²) in [4.78, 5) is 20.3. The van der Waals surface area contributed by atoms with E-state index in [4.69, 9.17) is 21.1 Å². The molecule has 2 aliphatic rings. The van der Waals surface area contributed by atoms with Crippen LogP contribution in [0.2, 0.25) is 5.02 Å². The number of nitrogens with zero attached hydrogens (tertiary/aromatic N) is 2. The van der Waals surface area contributed by atoms with Gasteiger partial charge in [0, 0.05) is 48.9 Å². The first-order chi connectivity index (χ1) is 13.7. The molecule has 28 heavy (non-hydrogen) atoms. The van der Waals surface area contributed by atoms with Crippen molar-refractivity contribution in [3.63, 3.8) is 0 Å². The van der Waals surface area contributed by atoms with Gasteiger partial charge in [0.1, 0.15) is 0 Å². The van der Waals surface area contributed by atoms with Gasteiger partial charge in [0.25, 0.3) is 5.91 Å². The Morgan fingerprint density at radius 3 is 2.64 bits per heavy atom. The fourth-order valence-corrected chi connectivity index (χ4v) is 3.97. The van der Waals surface area contributed by atoms with Crippen LogP contribution in [0.5, 0.6) is 11.5 Å². The molecule has 3 aromatic rings. The number of rotatable bonds is 2. The Morgan fingerprint density at radius 1 is 0.964 bits per heavy atom. The van der Waals surface area contributed by atoms with Crippen LogP contribution in [0, 0.1) is 0 Å². The van der Waals surface area contributed by atoms with E-state index in [0.717, 1.165) is 29.7 Å². The number of H-pyrrole nitrogens is 1. The third-order valence-electron chi connectivity index (χ3n) is 5.26. The van der Waals surface area contributed by atoms with Gasteiger partial charge in [0.15, 0.2) is 17.7 Å². The number of fused-ring (bicyclic) bond motifs is 2. The molecule has 1 saturated heterocycles. The van der Waals surface area contributed by atoms with E-state index in [9.17, 15) is 4.79 Å². The lowest BCUT2D eigenvalue weighted by Gasteiger charge is -2.36. The smallest absolute Gasteiger partial charge is 0.254 e. The molecule has 0 bridgehead atoms. The summed E-state index contributed by atoms with van der Waals surface area (Å²) in [5, 5.41) is 1.84. The first kappa shape index (κ1) is 17.1. The summed E-state index contributed by atoms with van der Waals surface area (Å²) < 4.78 is 10.7. The highest BCUT2D eigenvalue weighted by molar-refractivity contribution is 6.31. The topological polar surface area (TPSA) is 56.2 Å². The summed E-state index contributed by atoms with van der Waals surface area (Å²) in [6.07, 6.45) is 1.93. The number of aromatic nitrogens is 1. The quantitative estimate of drug-likeness (QED) is 0.668. The molecule has 5 rings (SSSR count). The molecule has 1 N–H and O–H groups in total. The van der Waals surface area contributed by atoms with E-state index in [2.05, 4.69) is 16.0 Å². The molecular weight excluding hydrogens is 378 g/mol. The van der Waals surface area contributed by atoms with Crippen molar-refractivity contribution < 1.29 is 19.3 Å². The fourth-order valence-electron chi connectivity index (χ4n) is 3.80. The Balaban J connectivity index is 1.32. The Bertz CT molecular complexity index is 1060. The SMILES string of the molecule is O=C(c1ccc2c(c1)OCO2)N1CCN(c2cc[nH+]c3cc(Cl)ccc23)CC1. The van der Waals surface area contributed by atoms with Crippen molar-refractivity contribution in [2.75, 3.05) is 37.9 Å². The van der Waals surface area contributed by atoms with Gasteiger partial charge in [-0.25, -0.2) is 4.98 Å². The molecule has 1 amide bonds. The largest absolute Gasteiger partial charge is 0.454 e. The number of carbonyl (C=O) groups excluding carboxylic acids is 1. The maximum absolute atomic E-state index is 12.9. The molecular formula is C21H19ClN3O3+. The first-order valence-corrected chi connectivity index (χ1v) is 9.61. The molecule has 0 aliphatic carbocycles. The van der Waals surface area contributed by atoms with Gasteiger partial charge in [-0.3, -0.25) is 4.79 Å². The summed E-state index contributed by atoms with van der Waals surface area (Å²) in [6, 6.07) is 13.3. The van der Waals surface area contributed by atoms with Gasteiger partial charge in [0.05, 0.1) is 11.1 Å². The van der Waals surface area contributed by atoms with Crippen LogP contribution >= 0.6 is 11.6 Å². The second-order valence-corrected chi connectivity index (χ2v) is 7.34. The van der Waals surface area contributed by atoms with Crippen molar-refractivity contribution >= 4 is 34.1 Å². The fraction of sp³-hybridized carbons (Fsp3) is 0.238. The predicted octanol–water partition coefficient (Wildman–Crippen LogP) is 3.00. The number of pyridine rings is 1. The highest BCUT2D eigenvalue weighted by Crippen LogP contribution is 2.33. The standard InChI is InChI=1S/C21H18ClN3O3/c22-15-2-3-16-17(12-15)23-6-5-18(16)24-7-9-25(10-8-24)21(26)14-1-4-19-20(11-14)28-13-27-19/h1-6,11-12H,7-10,13H2/p+1. The molecule has 0 saturated carbocycles. The average molecular weight is 397 g/mol. The molecule has 7 heteroatoms. The molecule has 0 spiro atoms. The first-order valence-electron chi connectivity index (χ1n) is 9.23. The van der Waals surface area contributed by atoms with Crippen molar-refractivity contribution in [2.45, 2.75) is 0 Å². The Kier molecular flexibility index (Phi) is 4.20. The van der Waals surface area contributed by atoms with Gasteiger partial charge in [-0.1, -0.05) is 11.6 Å². The Hall–Kier alpha value is -2.99. The third-order valence-corrected chi connectivity index (χ3v) is 5.50. The van der Waals surface area contributed by atoms with Crippen LogP contribution in [0.15, 0.2) is 48.7 Å². The van der Waals surface area contributed by atoms with E-state index in [1.165, 1.54) is 0 Å². The average Bonchev–Trinajstić information content (AvgIpc) is 3.20. The lowest BCUT2D eigenvalue weighted by molar-refractivity contribution is -0.344. The van der Waals surface area contributed by atoms with Crippen LogP contribution in [-0.2, 0) is 0 Å². The highest BCUT2D eigenvalue weighted by atomic mass is 35.5. The van der Waals surface area contributed by atoms with Crippen molar-refractivity contribution in [1.29, 1.82) is 0 Å². The van der Waals surface area contributed by atoms with Crippen LogP contribution in [0.25, 0.3) is 10.9 Å². The zero-order valence-electron chi connectivity index (χ0n) is 15.2. The summed E-state index contributed by atoms with van der Waals surface area (Å²) in [7, 11) is 0. The normalized spacial score (nSPS) is 15.9. The van der Waals surface area contributed by atoms with E-state index in [1.807, 2.05) is 29.3 Å². The van der Waals surface area contributed by atoms with Crippen molar-refractivity contribution in [3.05, 3.63) is 59.2 Å². The van der Waals surface area contributed by atoms with Crippen LogP contribution in [0.3, 0.4) is 0 Å². The Morgan fingerprint density at radius 2 is 1.79 bits per heavy atom. The molecule has 3 heterocycles. The number of halogens is 1. The monoisotopic (exact) mass is 396 g/mol. The van der Waals surface area contributed by atoms with Crippen molar-refractivity contribution in [1.82, 2.24) is 4.90 Å². The number of aromatic amines is 1. The van der Waals surface area contributed by atoms with Gasteiger partial charge in [-0.05, 0) is 30.3 Å². The van der Waals surface area contributed by atoms with E-state index < -0.39 is 0 Å². The van der Waals surface area contributed by atoms with Crippen molar-refractivity contribution in [2.24, 2.45) is 0 Å². The van der Waals surface area contributed by atoms with Gasteiger partial charge >= 0.3 is 0 Å². The van der Waals surface area contributed by atoms with E-state index >= 15 is 0 Å². The van der Waals surface area contributed by atoms with E-state index in [1.54, 1.807) is 18.2 Å². The lowest BCUT2D eigenvalue weighted by Crippen LogP contribution is -2.48. The number of hydrogen-bond acceptors (Lipinski definition) is 4. The number of carbonyl (C=O) groups is 1. The third kappa shape index (κ3) is 2.99. The molecule has 1 fully saturated rings. The molecule has 6 nitrogen and oxygen atoms in total. The van der Waals surface area contributed by atoms with Gasteiger partial charge in [-0.2, -0.15) is 0 Å². The van der Waals surface area contributed by atoms with Crippen LogP contribution in [0.4, 0.5) is 5.69 Å². The minimum absolute atomic E-state index is 0.0241. The number of anilines is 1. The van der Waals surface area contributed by atoms with E-state index in [0.29, 0.717) is 35.2 Å². The molecule has 1 aromatic heterocycles. The van der Waals surface area contributed by atoms with Gasteiger partial charge in [0.2, 0.25) is 12.3 Å². The zero-order chi connectivity index (χ0) is 19.1. The molecule has 0 unspecified atom stereocenters. The van der Waals surface area contributed by atoms with Crippen LogP contribution in [-0.4, -0.2) is 43.8 Å². The summed E-state index contributed by atoms with van der Waals surface area (Å²) in [5.74, 6) is 1.35. The molecule has 0 atom stereocenters. The maximum Gasteiger partial charge on any atom is 0.254 e. The zero-order valence-corrected chi connectivity index (χ0v) is 15.9. The van der Waals surface area contributed by atoms with Crippen LogP contribution < -0.4 is 19.4 Å². The number of benzene rings is 2. The summed E-state index contributed by atoms with van der Waals surface area (Å²) >= 11 is 6.11. The van der Waals surface area contributed by atoms with E-state index in [-0.39, 0.29) is 12.7 Å². The minimum Gasteiger partial charge on any atom is -0.454 e. The number of piperazine rings is 1. The predicted molar refractivity (Wildman–Crippen MR) is 106 cm³/mol. The summed E-state index contributed by atoms with van der Waals surface area (Å²) in [6.45, 7) is 3.09. The second kappa shape index (κ2) is 6.87. The highest BCUT2D eigenvalue weighted by Gasteiger charge is 2.25. The molecule has 142 valence electrons. The summed E-state index contributed by atoms with van der Waals surface area (Å²) in [5.41, 5.74) is 2.79. The van der Waals surface area contributed by atoms with Crippen LogP contribution in [0.1, 0.15) is 10.4 Å². The van der Waals surface area contributed by atoms with Crippen molar-refractivity contribution in [3.8, 4) is 11.5 Å². The Labute approximate surface area is 167 Å². The number of ether oxygens (including phenoxy) is 2. The molecule has 2 aliphatic heterocycles. The minimum atomic E-state index is 0.0241. The number of amides is 1. The second-order valence-electron chi connectivity index (χ2n) is 6.90. The van der Waals surface area contributed by atoms with Gasteiger partial charge in [-0.15, -0.1) is 0 Å². The van der Waals surface area contributed by atoms with Gasteiger partial charge < -0.3 is 19.3 Å². The lowest BCUT2D eigenvalue weighted by atomic mass is 10.1. The number of nitrogens with one attached hydrogen (secondary N) is 1. The number of hydrogen-bond donors (Lipinski definition) is 0. The molecule has 0 radical (unpaired) electrons. The molecule has 2 aromatic carbocycles. The maximum atomic E-state index is 12.9.